The summed E-state index contributed by atoms with van der Waals surface area (Å²) in [6.45, 7) is 0.282. The van der Waals surface area contributed by atoms with E-state index in [2.05, 4.69) is 15.4 Å². The fraction of sp³-hybridized carbons (Fsp3) is 0.267. The molecule has 0 aromatic heterocycles. The molecule has 0 radical (unpaired) electrons. The lowest BCUT2D eigenvalue weighted by molar-refractivity contribution is -0.120. The molecular formula is C15H18N2O4. The number of nitrogens with one attached hydrogen (secondary N) is 2. The van der Waals surface area contributed by atoms with Gasteiger partial charge in [0.1, 0.15) is 0 Å². The van der Waals surface area contributed by atoms with Gasteiger partial charge in [-0.3, -0.25) is 9.59 Å². The molecule has 6 heteroatoms. The Kier molecular flexibility index (Phi) is 6.67. The molecule has 112 valence electrons. The number of methoxy groups -OCH3 is 1. The molecule has 0 aliphatic heterocycles. The summed E-state index contributed by atoms with van der Waals surface area (Å²) in [5.41, 5.74) is 1.23. The summed E-state index contributed by atoms with van der Waals surface area (Å²) in [4.78, 5) is 33.7. The van der Waals surface area contributed by atoms with E-state index in [4.69, 9.17) is 0 Å². The van der Waals surface area contributed by atoms with Crippen molar-refractivity contribution in [2.75, 3.05) is 20.7 Å². The molecule has 1 rings (SSSR count). The third-order valence-electron chi connectivity index (χ3n) is 2.69. The molecule has 0 fully saturated rings. The minimum Gasteiger partial charge on any atom is -0.465 e. The van der Waals surface area contributed by atoms with E-state index in [-0.39, 0.29) is 24.8 Å². The molecule has 0 aliphatic rings. The van der Waals surface area contributed by atoms with Gasteiger partial charge >= 0.3 is 5.97 Å². The van der Waals surface area contributed by atoms with E-state index in [1.54, 1.807) is 37.4 Å². The third-order valence-corrected chi connectivity index (χ3v) is 2.69. The van der Waals surface area contributed by atoms with Crippen LogP contribution in [0.5, 0.6) is 0 Å². The number of carbonyl (C=O) groups is 3. The van der Waals surface area contributed by atoms with Crippen LogP contribution in [0.25, 0.3) is 6.08 Å². The summed E-state index contributed by atoms with van der Waals surface area (Å²) in [6.07, 6.45) is 3.23. The van der Waals surface area contributed by atoms with Crippen LogP contribution in [0.4, 0.5) is 0 Å². The van der Waals surface area contributed by atoms with Crippen LogP contribution in [0.3, 0.4) is 0 Å². The van der Waals surface area contributed by atoms with Crippen LogP contribution in [0.1, 0.15) is 22.3 Å². The first-order valence-electron chi connectivity index (χ1n) is 6.41. The first-order valence-corrected chi connectivity index (χ1v) is 6.41. The van der Waals surface area contributed by atoms with Crippen LogP contribution >= 0.6 is 0 Å². The smallest absolute Gasteiger partial charge is 0.337 e. The minimum atomic E-state index is -0.405. The second-order valence-electron chi connectivity index (χ2n) is 4.16. The van der Waals surface area contributed by atoms with Crippen LogP contribution in [-0.4, -0.2) is 38.5 Å². The monoisotopic (exact) mass is 290 g/mol. The van der Waals surface area contributed by atoms with Crippen molar-refractivity contribution in [1.82, 2.24) is 10.6 Å². The Hall–Kier alpha value is -2.63. The molecule has 0 atom stereocenters. The molecule has 6 nitrogen and oxygen atoms in total. The summed E-state index contributed by atoms with van der Waals surface area (Å²) in [5, 5.41) is 5.07. The molecule has 2 amide bonds. The Morgan fingerprint density at radius 3 is 2.43 bits per heavy atom. The number of amides is 2. The normalized spacial score (nSPS) is 10.2. The zero-order valence-corrected chi connectivity index (χ0v) is 12.0. The molecule has 0 unspecified atom stereocenters. The number of ether oxygens (including phenoxy) is 1. The summed E-state index contributed by atoms with van der Waals surface area (Å²) in [7, 11) is 2.86. The first-order chi connectivity index (χ1) is 10.1. The predicted octanol–water partition coefficient (Wildman–Crippen LogP) is 0.739. The number of carbonyl (C=O) groups excluding carboxylic acids is 3. The average molecular weight is 290 g/mol. The van der Waals surface area contributed by atoms with Crippen molar-refractivity contribution in [3.05, 3.63) is 41.5 Å². The molecule has 0 saturated carbocycles. The van der Waals surface area contributed by atoms with Gasteiger partial charge in [0.05, 0.1) is 12.7 Å². The van der Waals surface area contributed by atoms with Crippen LogP contribution in [-0.2, 0) is 14.3 Å². The maximum absolute atomic E-state index is 11.5. The predicted molar refractivity (Wildman–Crippen MR) is 78.5 cm³/mol. The van der Waals surface area contributed by atoms with Crippen molar-refractivity contribution in [3.8, 4) is 0 Å². The molecule has 1 aromatic rings. The van der Waals surface area contributed by atoms with Gasteiger partial charge in [0.25, 0.3) is 0 Å². The van der Waals surface area contributed by atoms with Gasteiger partial charge in [-0.25, -0.2) is 4.79 Å². The number of rotatable bonds is 6. The zero-order chi connectivity index (χ0) is 15.7. The number of hydrogen-bond donors (Lipinski definition) is 2. The van der Waals surface area contributed by atoms with Gasteiger partial charge in [-0.05, 0) is 23.8 Å². The fourth-order valence-electron chi connectivity index (χ4n) is 1.50. The van der Waals surface area contributed by atoms with E-state index >= 15 is 0 Å². The molecule has 0 heterocycles. The Morgan fingerprint density at radius 2 is 1.86 bits per heavy atom. The summed E-state index contributed by atoms with van der Waals surface area (Å²) in [6, 6.07) is 6.66. The van der Waals surface area contributed by atoms with Gasteiger partial charge in [-0.15, -0.1) is 0 Å². The molecule has 1 aromatic carbocycles. The van der Waals surface area contributed by atoms with E-state index < -0.39 is 5.97 Å². The largest absolute Gasteiger partial charge is 0.465 e. The van der Waals surface area contributed by atoms with Crippen LogP contribution in [0.2, 0.25) is 0 Å². The number of hydrogen-bond acceptors (Lipinski definition) is 4. The van der Waals surface area contributed by atoms with Gasteiger partial charge < -0.3 is 15.4 Å². The van der Waals surface area contributed by atoms with Crippen molar-refractivity contribution in [3.63, 3.8) is 0 Å². The number of benzene rings is 1. The fourth-order valence-corrected chi connectivity index (χ4v) is 1.50. The van der Waals surface area contributed by atoms with E-state index in [0.29, 0.717) is 5.56 Å². The molecule has 0 bridgehead atoms. The highest BCUT2D eigenvalue weighted by Gasteiger charge is 2.03. The Morgan fingerprint density at radius 1 is 1.19 bits per heavy atom. The quantitative estimate of drug-likeness (QED) is 0.598. The van der Waals surface area contributed by atoms with Crippen LogP contribution in [0.15, 0.2) is 30.3 Å². The maximum Gasteiger partial charge on any atom is 0.337 e. The van der Waals surface area contributed by atoms with Gasteiger partial charge in [0.2, 0.25) is 11.8 Å². The SMILES string of the molecule is CNC(=O)CCNC(=O)/C=C/c1ccc(C(=O)OC)cc1. The minimum absolute atomic E-state index is 0.127. The Labute approximate surface area is 123 Å². The molecular weight excluding hydrogens is 272 g/mol. The third kappa shape index (κ3) is 5.90. The van der Waals surface area contributed by atoms with E-state index in [1.807, 2.05) is 0 Å². The highest BCUT2D eigenvalue weighted by atomic mass is 16.5. The summed E-state index contributed by atoms with van der Waals surface area (Å²) >= 11 is 0. The van der Waals surface area contributed by atoms with E-state index in [0.717, 1.165) is 5.56 Å². The zero-order valence-electron chi connectivity index (χ0n) is 12.0. The van der Waals surface area contributed by atoms with E-state index in [9.17, 15) is 14.4 Å². The molecule has 2 N–H and O–H groups in total. The number of esters is 1. The van der Waals surface area contributed by atoms with Gasteiger partial charge in [0.15, 0.2) is 0 Å². The maximum atomic E-state index is 11.5. The highest BCUT2D eigenvalue weighted by molar-refractivity contribution is 5.92. The van der Waals surface area contributed by atoms with Crippen molar-refractivity contribution in [1.29, 1.82) is 0 Å². The molecule has 21 heavy (non-hydrogen) atoms. The summed E-state index contributed by atoms with van der Waals surface area (Å²) < 4.78 is 4.59. The van der Waals surface area contributed by atoms with Gasteiger partial charge in [-0.1, -0.05) is 12.1 Å². The topological polar surface area (TPSA) is 84.5 Å². The second-order valence-corrected chi connectivity index (χ2v) is 4.16. The highest BCUT2D eigenvalue weighted by Crippen LogP contribution is 2.07. The lowest BCUT2D eigenvalue weighted by atomic mass is 10.1. The van der Waals surface area contributed by atoms with Gasteiger partial charge in [-0.2, -0.15) is 0 Å². The molecule has 0 aliphatic carbocycles. The van der Waals surface area contributed by atoms with Crippen molar-refractivity contribution >= 4 is 23.9 Å². The Bertz CT molecular complexity index is 535. The van der Waals surface area contributed by atoms with Crippen molar-refractivity contribution < 1.29 is 19.1 Å². The van der Waals surface area contributed by atoms with Gasteiger partial charge in [0, 0.05) is 26.1 Å². The first kappa shape index (κ1) is 16.4. The lowest BCUT2D eigenvalue weighted by Gasteiger charge is -2.01. The van der Waals surface area contributed by atoms with Crippen LogP contribution < -0.4 is 10.6 Å². The average Bonchev–Trinajstić information content (AvgIpc) is 2.52. The van der Waals surface area contributed by atoms with Crippen LogP contribution in [0, 0.1) is 0 Å². The molecule has 0 spiro atoms. The van der Waals surface area contributed by atoms with E-state index in [1.165, 1.54) is 13.2 Å². The lowest BCUT2D eigenvalue weighted by Crippen LogP contribution is -2.27. The Balaban J connectivity index is 2.47. The van der Waals surface area contributed by atoms with Crippen molar-refractivity contribution in [2.24, 2.45) is 0 Å². The summed E-state index contributed by atoms with van der Waals surface area (Å²) in [5.74, 6) is -0.814. The molecule has 0 saturated heterocycles. The second kappa shape index (κ2) is 8.52. The standard InChI is InChI=1S/C15H18N2O4/c1-16-13(18)9-10-17-14(19)8-5-11-3-6-12(7-4-11)15(20)21-2/h3-8H,9-10H2,1-2H3,(H,16,18)(H,17,19)/b8-5+. The van der Waals surface area contributed by atoms with Crippen molar-refractivity contribution in [2.45, 2.75) is 6.42 Å².